The Morgan fingerprint density at radius 2 is 1.91 bits per heavy atom. The summed E-state index contributed by atoms with van der Waals surface area (Å²) in [6.45, 7) is 8.22. The molecule has 3 rings (SSSR count). The van der Waals surface area contributed by atoms with E-state index in [2.05, 4.69) is 11.9 Å². The van der Waals surface area contributed by atoms with E-state index in [1.54, 1.807) is 30.3 Å². The van der Waals surface area contributed by atoms with Crippen LogP contribution in [-0.4, -0.2) is 12.5 Å². The number of hydrogen-bond donors (Lipinski definition) is 1. The maximum absolute atomic E-state index is 13.2. The van der Waals surface area contributed by atoms with Gasteiger partial charge in [0.1, 0.15) is 24.1 Å². The summed E-state index contributed by atoms with van der Waals surface area (Å²) in [5.74, 6) is 0.206. The van der Waals surface area contributed by atoms with Gasteiger partial charge in [-0.15, -0.1) is 6.58 Å². The fourth-order valence-electron chi connectivity index (χ4n) is 3.47. The van der Waals surface area contributed by atoms with Crippen LogP contribution >= 0.6 is 0 Å². The standard InChI is InChI=1S/C29H27FN2O3/c1-4-7-23-15-22(16-24(18-31)29(33)32-26-9-6-8-20(3)14-26)17-27(34-5-2)28(23)35-19-21-10-12-25(30)13-11-21/h4,6,8-17H,1,5,7,19H2,2-3H3,(H,32,33)/b24-16+. The average Bonchev–Trinajstić information content (AvgIpc) is 2.83. The quantitative estimate of drug-likeness (QED) is 0.212. The molecule has 0 atom stereocenters. The van der Waals surface area contributed by atoms with Gasteiger partial charge in [-0.25, -0.2) is 4.39 Å². The number of halogens is 1. The minimum atomic E-state index is -0.502. The molecular formula is C29H27FN2O3. The third-order valence-electron chi connectivity index (χ3n) is 5.07. The number of aryl methyl sites for hydroxylation is 1. The number of amides is 1. The summed E-state index contributed by atoms with van der Waals surface area (Å²) in [7, 11) is 0. The van der Waals surface area contributed by atoms with E-state index in [4.69, 9.17) is 9.47 Å². The summed E-state index contributed by atoms with van der Waals surface area (Å²) < 4.78 is 25.1. The van der Waals surface area contributed by atoms with Gasteiger partial charge in [0, 0.05) is 11.3 Å². The molecule has 0 heterocycles. The van der Waals surface area contributed by atoms with Crippen LogP contribution in [0.5, 0.6) is 11.5 Å². The van der Waals surface area contributed by atoms with Gasteiger partial charge < -0.3 is 14.8 Å². The van der Waals surface area contributed by atoms with Crippen molar-refractivity contribution in [3.05, 3.63) is 107 Å². The van der Waals surface area contributed by atoms with Crippen molar-refractivity contribution in [3.63, 3.8) is 0 Å². The minimum absolute atomic E-state index is 0.0431. The zero-order valence-corrected chi connectivity index (χ0v) is 19.8. The summed E-state index contributed by atoms with van der Waals surface area (Å²) in [4.78, 5) is 12.7. The van der Waals surface area contributed by atoms with Crippen LogP contribution < -0.4 is 14.8 Å². The fraction of sp³-hybridized carbons (Fsp3) is 0.172. The summed E-state index contributed by atoms with van der Waals surface area (Å²) in [5.41, 5.74) is 3.78. The van der Waals surface area contributed by atoms with Crippen molar-refractivity contribution in [2.75, 3.05) is 11.9 Å². The Hall–Kier alpha value is -4.37. The predicted molar refractivity (Wildman–Crippen MR) is 136 cm³/mol. The molecule has 35 heavy (non-hydrogen) atoms. The van der Waals surface area contributed by atoms with Gasteiger partial charge in [0.25, 0.3) is 5.91 Å². The number of benzene rings is 3. The molecule has 0 fully saturated rings. The van der Waals surface area contributed by atoms with Crippen LogP contribution in [0.1, 0.15) is 29.2 Å². The molecule has 0 aromatic heterocycles. The third-order valence-corrected chi connectivity index (χ3v) is 5.07. The molecule has 178 valence electrons. The average molecular weight is 471 g/mol. The second-order valence-corrected chi connectivity index (χ2v) is 7.84. The van der Waals surface area contributed by atoms with Crippen molar-refractivity contribution >= 4 is 17.7 Å². The third kappa shape index (κ3) is 7.05. The second kappa shape index (κ2) is 12.2. The highest BCUT2D eigenvalue weighted by molar-refractivity contribution is 6.09. The number of allylic oxidation sites excluding steroid dienone is 1. The van der Waals surface area contributed by atoms with Gasteiger partial charge in [-0.3, -0.25) is 4.79 Å². The molecule has 1 amide bonds. The molecule has 0 saturated heterocycles. The molecular weight excluding hydrogens is 443 g/mol. The van der Waals surface area contributed by atoms with Crippen LogP contribution in [0.25, 0.3) is 6.08 Å². The number of ether oxygens (including phenoxy) is 2. The maximum Gasteiger partial charge on any atom is 0.266 e. The Morgan fingerprint density at radius 1 is 1.14 bits per heavy atom. The van der Waals surface area contributed by atoms with E-state index in [1.165, 1.54) is 18.2 Å². The number of nitrogens with one attached hydrogen (secondary N) is 1. The van der Waals surface area contributed by atoms with Crippen LogP contribution in [0.15, 0.2) is 78.9 Å². The van der Waals surface area contributed by atoms with E-state index in [9.17, 15) is 14.4 Å². The molecule has 6 heteroatoms. The Bertz CT molecular complexity index is 1270. The van der Waals surface area contributed by atoms with Crippen LogP contribution in [0.3, 0.4) is 0 Å². The molecule has 0 unspecified atom stereocenters. The molecule has 1 N–H and O–H groups in total. The normalized spacial score (nSPS) is 10.9. The lowest BCUT2D eigenvalue weighted by atomic mass is 10.0. The summed E-state index contributed by atoms with van der Waals surface area (Å²) >= 11 is 0. The molecule has 0 spiro atoms. The van der Waals surface area contributed by atoms with Crippen LogP contribution in [-0.2, 0) is 17.8 Å². The van der Waals surface area contributed by atoms with Crippen molar-refractivity contribution < 1.29 is 18.7 Å². The highest BCUT2D eigenvalue weighted by Gasteiger charge is 2.15. The van der Waals surface area contributed by atoms with E-state index < -0.39 is 5.91 Å². The fourth-order valence-corrected chi connectivity index (χ4v) is 3.47. The van der Waals surface area contributed by atoms with E-state index in [1.807, 2.05) is 44.2 Å². The molecule has 5 nitrogen and oxygen atoms in total. The first-order valence-electron chi connectivity index (χ1n) is 11.2. The molecule has 0 aliphatic carbocycles. The minimum Gasteiger partial charge on any atom is -0.490 e. The first-order valence-corrected chi connectivity index (χ1v) is 11.2. The Labute approximate surface area is 205 Å². The second-order valence-electron chi connectivity index (χ2n) is 7.84. The lowest BCUT2D eigenvalue weighted by Crippen LogP contribution is -2.13. The van der Waals surface area contributed by atoms with Gasteiger partial charge in [-0.05, 0) is 79.4 Å². The summed E-state index contributed by atoms with van der Waals surface area (Å²) in [6.07, 6.45) is 3.74. The predicted octanol–water partition coefficient (Wildman–Crippen LogP) is 6.39. The number of anilines is 1. The number of nitriles is 1. The van der Waals surface area contributed by atoms with Crippen molar-refractivity contribution in [3.8, 4) is 17.6 Å². The van der Waals surface area contributed by atoms with Gasteiger partial charge in [0.2, 0.25) is 0 Å². The zero-order valence-electron chi connectivity index (χ0n) is 19.8. The van der Waals surface area contributed by atoms with Gasteiger partial charge in [-0.1, -0.05) is 30.3 Å². The lowest BCUT2D eigenvalue weighted by molar-refractivity contribution is -0.112. The van der Waals surface area contributed by atoms with Crippen molar-refractivity contribution in [1.82, 2.24) is 0 Å². The summed E-state index contributed by atoms with van der Waals surface area (Å²) in [6, 6.07) is 19.0. The molecule has 0 saturated carbocycles. The largest absolute Gasteiger partial charge is 0.490 e. The highest BCUT2D eigenvalue weighted by atomic mass is 19.1. The number of carbonyl (C=O) groups is 1. The van der Waals surface area contributed by atoms with E-state index >= 15 is 0 Å². The monoisotopic (exact) mass is 470 g/mol. The first kappa shape index (κ1) is 25.3. The van der Waals surface area contributed by atoms with Gasteiger partial charge in [0.15, 0.2) is 11.5 Å². The Kier molecular flexibility index (Phi) is 8.80. The molecule has 0 aliphatic rings. The molecule has 3 aromatic rings. The van der Waals surface area contributed by atoms with Gasteiger partial charge in [-0.2, -0.15) is 5.26 Å². The summed E-state index contributed by atoms with van der Waals surface area (Å²) in [5, 5.41) is 12.4. The zero-order chi connectivity index (χ0) is 25.2. The number of carbonyl (C=O) groups excluding carboxylic acids is 1. The maximum atomic E-state index is 13.2. The topological polar surface area (TPSA) is 71.4 Å². The Morgan fingerprint density at radius 3 is 2.57 bits per heavy atom. The van der Waals surface area contributed by atoms with Crippen LogP contribution in [0.4, 0.5) is 10.1 Å². The van der Waals surface area contributed by atoms with Crippen molar-refractivity contribution in [2.45, 2.75) is 26.9 Å². The molecule has 3 aromatic carbocycles. The number of rotatable bonds is 10. The van der Waals surface area contributed by atoms with Gasteiger partial charge >= 0.3 is 0 Å². The lowest BCUT2D eigenvalue weighted by Gasteiger charge is -2.17. The van der Waals surface area contributed by atoms with Crippen LogP contribution in [0.2, 0.25) is 0 Å². The number of nitrogens with zero attached hydrogens (tertiary/aromatic N) is 1. The molecule has 0 aliphatic heterocycles. The first-order chi connectivity index (χ1) is 16.9. The van der Waals surface area contributed by atoms with Crippen LogP contribution in [0, 0.1) is 24.1 Å². The van der Waals surface area contributed by atoms with E-state index in [0.29, 0.717) is 35.8 Å². The SMILES string of the molecule is C=CCc1cc(/C=C(\C#N)C(=O)Nc2cccc(C)c2)cc(OCC)c1OCc1ccc(F)cc1. The van der Waals surface area contributed by atoms with Gasteiger partial charge in [0.05, 0.1) is 6.61 Å². The van der Waals surface area contributed by atoms with E-state index in [-0.39, 0.29) is 18.0 Å². The smallest absolute Gasteiger partial charge is 0.266 e. The number of hydrogen-bond acceptors (Lipinski definition) is 4. The molecule has 0 bridgehead atoms. The molecule has 0 radical (unpaired) electrons. The van der Waals surface area contributed by atoms with Crippen molar-refractivity contribution in [2.24, 2.45) is 0 Å². The highest BCUT2D eigenvalue weighted by Crippen LogP contribution is 2.35. The van der Waals surface area contributed by atoms with E-state index in [0.717, 1.165) is 16.7 Å². The van der Waals surface area contributed by atoms with Crippen molar-refractivity contribution in [1.29, 1.82) is 5.26 Å². The Balaban J connectivity index is 1.92.